The van der Waals surface area contributed by atoms with Gasteiger partial charge in [-0.3, -0.25) is 13.9 Å². The largest absolute Gasteiger partial charge is 0.334 e. The van der Waals surface area contributed by atoms with Crippen LogP contribution in [0.4, 0.5) is 4.39 Å². The van der Waals surface area contributed by atoms with Crippen LogP contribution in [0.15, 0.2) is 38.9 Å². The van der Waals surface area contributed by atoms with Crippen molar-refractivity contribution in [1.82, 2.24) is 19.1 Å². The minimum Gasteiger partial charge on any atom is -0.334 e. The van der Waals surface area contributed by atoms with E-state index in [1.165, 1.54) is 61.4 Å². The number of likely N-dealkylation sites (tertiary alicyclic amines) is 1. The molecule has 29 heavy (non-hydrogen) atoms. The highest BCUT2D eigenvalue weighted by Gasteiger charge is 2.20. The summed E-state index contributed by atoms with van der Waals surface area (Å²) in [5.74, 6) is 0.711. The van der Waals surface area contributed by atoms with E-state index in [9.17, 15) is 14.0 Å². The molecule has 1 aliphatic rings. The average Bonchev–Trinajstić information content (AvgIpc) is 3.23. The Morgan fingerprint density at radius 1 is 1.14 bits per heavy atom. The van der Waals surface area contributed by atoms with Crippen molar-refractivity contribution in [3.8, 4) is 11.4 Å². The van der Waals surface area contributed by atoms with E-state index >= 15 is 0 Å². The van der Waals surface area contributed by atoms with E-state index in [0.717, 1.165) is 16.9 Å². The van der Waals surface area contributed by atoms with Crippen LogP contribution >= 0.6 is 11.8 Å². The van der Waals surface area contributed by atoms with E-state index in [-0.39, 0.29) is 5.65 Å². The van der Waals surface area contributed by atoms with Gasteiger partial charge >= 0.3 is 5.69 Å². The number of fused-ring (bicyclic) bond motifs is 1. The predicted octanol–water partition coefficient (Wildman–Crippen LogP) is 0.604. The third kappa shape index (κ3) is 3.84. The van der Waals surface area contributed by atoms with Gasteiger partial charge in [0.15, 0.2) is 11.5 Å². The molecule has 0 spiro atoms. The summed E-state index contributed by atoms with van der Waals surface area (Å²) in [5.41, 5.74) is -0.0933. The summed E-state index contributed by atoms with van der Waals surface area (Å²) < 4.78 is 16.1. The second-order valence-electron chi connectivity index (χ2n) is 7.32. The lowest BCUT2D eigenvalue weighted by Crippen LogP contribution is -3.10. The number of aromatic nitrogens is 4. The third-order valence-electron chi connectivity index (χ3n) is 5.35. The molecule has 0 atom stereocenters. The summed E-state index contributed by atoms with van der Waals surface area (Å²) in [6, 6.07) is 6.00. The maximum absolute atomic E-state index is 13.7. The van der Waals surface area contributed by atoms with Gasteiger partial charge in [-0.2, -0.15) is 0 Å². The Hall–Kier alpha value is -2.52. The molecule has 1 aliphatic heterocycles. The lowest BCUT2D eigenvalue weighted by Gasteiger charge is -2.14. The topological polar surface area (TPSA) is 74.2 Å². The van der Waals surface area contributed by atoms with E-state index in [1.807, 2.05) is 0 Å². The summed E-state index contributed by atoms with van der Waals surface area (Å²) >= 11 is 1.49. The summed E-state index contributed by atoms with van der Waals surface area (Å²) in [4.78, 5) is 35.8. The molecule has 0 amide bonds. The second kappa shape index (κ2) is 8.08. The zero-order valence-electron chi connectivity index (χ0n) is 16.4. The Bertz CT molecular complexity index is 1180. The lowest BCUT2D eigenvalue weighted by atomic mass is 10.2. The summed E-state index contributed by atoms with van der Waals surface area (Å²) in [6.07, 6.45) is 2.51. The number of quaternary nitrogens is 1. The van der Waals surface area contributed by atoms with E-state index < -0.39 is 17.1 Å². The highest BCUT2D eigenvalue weighted by Crippen LogP contribution is 2.26. The van der Waals surface area contributed by atoms with Crippen molar-refractivity contribution in [1.29, 1.82) is 0 Å². The van der Waals surface area contributed by atoms with Gasteiger partial charge < -0.3 is 4.90 Å². The van der Waals surface area contributed by atoms with Crippen LogP contribution in [0.25, 0.3) is 22.4 Å². The Labute approximate surface area is 171 Å². The quantitative estimate of drug-likeness (QED) is 0.487. The van der Waals surface area contributed by atoms with Gasteiger partial charge in [-0.05, 0) is 12.1 Å². The van der Waals surface area contributed by atoms with Crippen molar-refractivity contribution in [3.05, 3.63) is 50.9 Å². The molecule has 1 saturated heterocycles. The number of thioether (sulfide) groups is 1. The predicted molar refractivity (Wildman–Crippen MR) is 111 cm³/mol. The number of benzene rings is 1. The van der Waals surface area contributed by atoms with Crippen molar-refractivity contribution >= 4 is 22.8 Å². The van der Waals surface area contributed by atoms with Crippen molar-refractivity contribution in [2.24, 2.45) is 14.1 Å². The molecule has 0 unspecified atom stereocenters. The molecule has 0 radical (unpaired) electrons. The number of aryl methyl sites for hydroxylation is 1. The Morgan fingerprint density at radius 3 is 2.62 bits per heavy atom. The standard InChI is InChI=1S/C20H22FN5O2S/c1-24-17-15(19(27)25(2)20(24)28)18(29-11-10-26-8-3-4-9-26)23-16(22-17)13-6-5-7-14(21)12-13/h5-7,12H,3-4,8-11H2,1-2H3/p+1. The number of hydrogen-bond acceptors (Lipinski definition) is 5. The van der Waals surface area contributed by atoms with Gasteiger partial charge in [-0.1, -0.05) is 23.9 Å². The zero-order valence-corrected chi connectivity index (χ0v) is 17.3. The van der Waals surface area contributed by atoms with E-state index in [4.69, 9.17) is 0 Å². The Kier molecular flexibility index (Phi) is 5.51. The van der Waals surface area contributed by atoms with E-state index in [1.54, 1.807) is 24.1 Å². The maximum Gasteiger partial charge on any atom is 0.332 e. The average molecular weight is 417 g/mol. The van der Waals surface area contributed by atoms with Crippen LogP contribution in [0.2, 0.25) is 0 Å². The smallest absolute Gasteiger partial charge is 0.332 e. The number of halogens is 1. The zero-order chi connectivity index (χ0) is 20.5. The SMILES string of the molecule is Cn1c(=O)c2c(SCC[NH+]3CCCC3)nc(-c3cccc(F)c3)nc2n(C)c1=O. The van der Waals surface area contributed by atoms with Crippen molar-refractivity contribution in [3.63, 3.8) is 0 Å². The van der Waals surface area contributed by atoms with Crippen molar-refractivity contribution in [2.75, 3.05) is 25.4 Å². The second-order valence-corrected chi connectivity index (χ2v) is 8.41. The van der Waals surface area contributed by atoms with E-state index in [2.05, 4.69) is 9.97 Å². The molecule has 1 fully saturated rings. The van der Waals surface area contributed by atoms with Crippen molar-refractivity contribution in [2.45, 2.75) is 17.9 Å². The molecule has 3 heterocycles. The molecule has 9 heteroatoms. The molecule has 4 rings (SSSR count). The van der Waals surface area contributed by atoms with Crippen LogP contribution in [-0.4, -0.2) is 44.5 Å². The fourth-order valence-corrected chi connectivity index (χ4v) is 4.77. The molecule has 2 aromatic heterocycles. The summed E-state index contributed by atoms with van der Waals surface area (Å²) in [6.45, 7) is 3.34. The maximum atomic E-state index is 13.7. The van der Waals surface area contributed by atoms with Gasteiger partial charge in [0.25, 0.3) is 5.56 Å². The van der Waals surface area contributed by atoms with Gasteiger partial charge in [0.1, 0.15) is 16.2 Å². The minimum absolute atomic E-state index is 0.267. The summed E-state index contributed by atoms with van der Waals surface area (Å²) in [5, 5.41) is 0.861. The van der Waals surface area contributed by atoms with Crippen LogP contribution < -0.4 is 16.1 Å². The molecule has 0 saturated carbocycles. The molecule has 1 N–H and O–H groups in total. The highest BCUT2D eigenvalue weighted by atomic mass is 32.2. The molecule has 3 aromatic rings. The molecule has 1 aromatic carbocycles. The van der Waals surface area contributed by atoms with Gasteiger partial charge in [0.05, 0.1) is 19.6 Å². The molecule has 7 nitrogen and oxygen atoms in total. The Morgan fingerprint density at radius 2 is 1.90 bits per heavy atom. The first-order valence-corrected chi connectivity index (χ1v) is 10.6. The van der Waals surface area contributed by atoms with Crippen LogP contribution in [-0.2, 0) is 14.1 Å². The fraction of sp³-hybridized carbons (Fsp3) is 0.400. The van der Waals surface area contributed by atoms with Gasteiger partial charge in [0, 0.05) is 38.3 Å². The van der Waals surface area contributed by atoms with Crippen LogP contribution in [0.3, 0.4) is 0 Å². The molecular formula is C20H23FN5O2S+. The van der Waals surface area contributed by atoms with E-state index in [0.29, 0.717) is 21.8 Å². The normalized spacial score (nSPS) is 14.7. The fourth-order valence-electron chi connectivity index (χ4n) is 3.71. The number of rotatable bonds is 5. The van der Waals surface area contributed by atoms with Crippen molar-refractivity contribution < 1.29 is 9.29 Å². The van der Waals surface area contributed by atoms with Crippen LogP contribution in [0.1, 0.15) is 12.8 Å². The Balaban J connectivity index is 1.83. The molecule has 0 bridgehead atoms. The number of hydrogen-bond donors (Lipinski definition) is 1. The molecule has 152 valence electrons. The first kappa shape index (κ1) is 19.8. The van der Waals surface area contributed by atoms with Crippen LogP contribution in [0, 0.1) is 5.82 Å². The van der Waals surface area contributed by atoms with Gasteiger partial charge in [0.2, 0.25) is 0 Å². The number of nitrogens with zero attached hydrogens (tertiary/aromatic N) is 4. The first-order valence-electron chi connectivity index (χ1n) is 9.66. The first-order chi connectivity index (χ1) is 14.0. The summed E-state index contributed by atoms with van der Waals surface area (Å²) in [7, 11) is 3.03. The number of nitrogens with one attached hydrogen (secondary N) is 1. The molecular weight excluding hydrogens is 393 g/mol. The van der Waals surface area contributed by atoms with Gasteiger partial charge in [-0.25, -0.2) is 19.2 Å². The third-order valence-corrected chi connectivity index (χ3v) is 6.33. The minimum atomic E-state index is -0.455. The molecule has 0 aliphatic carbocycles. The lowest BCUT2D eigenvalue weighted by molar-refractivity contribution is -0.884. The van der Waals surface area contributed by atoms with Gasteiger partial charge in [-0.15, -0.1) is 0 Å². The van der Waals surface area contributed by atoms with Crippen LogP contribution in [0.5, 0.6) is 0 Å². The highest BCUT2D eigenvalue weighted by molar-refractivity contribution is 7.99. The monoisotopic (exact) mass is 416 g/mol.